The lowest BCUT2D eigenvalue weighted by atomic mass is 9.87. The minimum Gasteiger partial charge on any atom is -0.310 e. The van der Waals surface area contributed by atoms with E-state index < -0.39 is 0 Å². The van der Waals surface area contributed by atoms with Gasteiger partial charge in [0.15, 0.2) is 5.82 Å². The van der Waals surface area contributed by atoms with Crippen LogP contribution in [0.2, 0.25) is 0 Å². The fourth-order valence-corrected chi connectivity index (χ4v) is 2.68. The Bertz CT molecular complexity index is 330. The number of hydrogen-bond acceptors (Lipinski definition) is 4. The van der Waals surface area contributed by atoms with Crippen LogP contribution in [-0.2, 0) is 13.1 Å². The van der Waals surface area contributed by atoms with Crippen LogP contribution in [0.3, 0.4) is 0 Å². The first-order valence-corrected chi connectivity index (χ1v) is 7.36. The zero-order chi connectivity index (χ0) is 12.6. The fourth-order valence-electron chi connectivity index (χ4n) is 2.68. The normalized spacial score (nSPS) is 17.2. The van der Waals surface area contributed by atoms with Crippen molar-refractivity contribution in [2.24, 2.45) is 5.92 Å². The van der Waals surface area contributed by atoms with E-state index in [9.17, 15) is 0 Å². The highest BCUT2D eigenvalue weighted by molar-refractivity contribution is 4.80. The summed E-state index contributed by atoms with van der Waals surface area (Å²) in [6.45, 7) is 4.95. The van der Waals surface area contributed by atoms with Crippen molar-refractivity contribution >= 4 is 0 Å². The second-order valence-electron chi connectivity index (χ2n) is 5.29. The molecule has 1 fully saturated rings. The molecule has 102 valence electrons. The van der Waals surface area contributed by atoms with E-state index in [-0.39, 0.29) is 0 Å². The fraction of sp³-hybridized carbons (Fsp3) is 0.923. The molecule has 1 N–H and O–H groups in total. The van der Waals surface area contributed by atoms with Crippen LogP contribution in [-0.4, -0.2) is 26.8 Å². The number of nitrogens with one attached hydrogen (secondary N) is 1. The molecule has 1 aliphatic rings. The van der Waals surface area contributed by atoms with E-state index in [0.29, 0.717) is 0 Å². The minimum atomic E-state index is 0.783. The van der Waals surface area contributed by atoms with Gasteiger partial charge in [-0.25, -0.2) is 4.68 Å². The lowest BCUT2D eigenvalue weighted by molar-refractivity contribution is 0.315. The maximum absolute atomic E-state index is 4.09. The van der Waals surface area contributed by atoms with Crippen LogP contribution < -0.4 is 5.32 Å². The lowest BCUT2D eigenvalue weighted by Gasteiger charge is -2.21. The molecule has 0 unspecified atom stereocenters. The smallest absolute Gasteiger partial charge is 0.165 e. The number of nitrogens with zero attached hydrogens (tertiary/aromatic N) is 4. The Morgan fingerprint density at radius 1 is 1.28 bits per heavy atom. The summed E-state index contributed by atoms with van der Waals surface area (Å²) in [6, 6.07) is 0. The van der Waals surface area contributed by atoms with E-state index >= 15 is 0 Å². The maximum atomic E-state index is 4.09. The topological polar surface area (TPSA) is 55.6 Å². The SMILES string of the molecule is CCCNCc1nnnn1CCC1CCCCC1. The van der Waals surface area contributed by atoms with E-state index in [1.165, 1.54) is 38.5 Å². The molecule has 0 amide bonds. The van der Waals surface area contributed by atoms with Crippen LogP contribution in [0.4, 0.5) is 0 Å². The Morgan fingerprint density at radius 3 is 2.89 bits per heavy atom. The van der Waals surface area contributed by atoms with Gasteiger partial charge >= 0.3 is 0 Å². The van der Waals surface area contributed by atoms with Gasteiger partial charge in [0.2, 0.25) is 0 Å². The van der Waals surface area contributed by atoms with E-state index in [0.717, 1.165) is 37.8 Å². The minimum absolute atomic E-state index is 0.783. The van der Waals surface area contributed by atoms with Crippen LogP contribution >= 0.6 is 0 Å². The molecular formula is C13H25N5. The third-order valence-electron chi connectivity index (χ3n) is 3.79. The summed E-state index contributed by atoms with van der Waals surface area (Å²) in [5.41, 5.74) is 0. The number of tetrazole rings is 1. The quantitative estimate of drug-likeness (QED) is 0.754. The molecular weight excluding hydrogens is 226 g/mol. The van der Waals surface area contributed by atoms with Gasteiger partial charge < -0.3 is 5.32 Å². The molecule has 1 heterocycles. The Balaban J connectivity index is 1.75. The maximum Gasteiger partial charge on any atom is 0.165 e. The van der Waals surface area contributed by atoms with E-state index in [4.69, 9.17) is 0 Å². The van der Waals surface area contributed by atoms with Crippen molar-refractivity contribution in [3.8, 4) is 0 Å². The zero-order valence-electron chi connectivity index (χ0n) is 11.4. The van der Waals surface area contributed by atoms with E-state index in [2.05, 4.69) is 27.8 Å². The first-order chi connectivity index (χ1) is 8.90. The van der Waals surface area contributed by atoms with Crippen molar-refractivity contribution < 1.29 is 0 Å². The number of aryl methyl sites for hydroxylation is 1. The van der Waals surface area contributed by atoms with Gasteiger partial charge in [0, 0.05) is 6.54 Å². The lowest BCUT2D eigenvalue weighted by Crippen LogP contribution is -2.19. The molecule has 0 aromatic carbocycles. The van der Waals surface area contributed by atoms with Crippen molar-refractivity contribution in [3.05, 3.63) is 5.82 Å². The molecule has 5 nitrogen and oxygen atoms in total. The molecule has 0 spiro atoms. The van der Waals surface area contributed by atoms with Crippen molar-refractivity contribution in [2.75, 3.05) is 6.54 Å². The third kappa shape index (κ3) is 4.05. The van der Waals surface area contributed by atoms with Gasteiger partial charge in [0.05, 0.1) is 6.54 Å². The number of hydrogen-bond donors (Lipinski definition) is 1. The van der Waals surface area contributed by atoms with E-state index in [1.54, 1.807) is 0 Å². The third-order valence-corrected chi connectivity index (χ3v) is 3.79. The van der Waals surface area contributed by atoms with Crippen molar-refractivity contribution in [2.45, 2.75) is 65.0 Å². The molecule has 0 radical (unpaired) electrons. The van der Waals surface area contributed by atoms with Crippen LogP contribution in [0.1, 0.15) is 57.7 Å². The average molecular weight is 251 g/mol. The standard InChI is InChI=1S/C13H25N5/c1-2-9-14-11-13-15-16-17-18(13)10-8-12-6-4-3-5-7-12/h12,14H,2-11H2,1H3. The largest absolute Gasteiger partial charge is 0.310 e. The molecule has 1 saturated carbocycles. The van der Waals surface area contributed by atoms with Crippen LogP contribution in [0.5, 0.6) is 0 Å². The molecule has 1 aromatic heterocycles. The summed E-state index contributed by atoms with van der Waals surface area (Å²) in [6.07, 6.45) is 9.40. The van der Waals surface area contributed by atoms with Crippen LogP contribution in [0.15, 0.2) is 0 Å². The highest BCUT2D eigenvalue weighted by Crippen LogP contribution is 2.26. The molecule has 18 heavy (non-hydrogen) atoms. The predicted octanol–water partition coefficient (Wildman–Crippen LogP) is 2.14. The van der Waals surface area contributed by atoms with Gasteiger partial charge in [0.1, 0.15) is 0 Å². The molecule has 0 bridgehead atoms. The van der Waals surface area contributed by atoms with Crippen molar-refractivity contribution in [3.63, 3.8) is 0 Å². The molecule has 0 saturated heterocycles. The molecule has 1 aromatic rings. The summed E-state index contributed by atoms with van der Waals surface area (Å²) in [4.78, 5) is 0. The number of aromatic nitrogens is 4. The average Bonchev–Trinajstić information content (AvgIpc) is 2.86. The molecule has 1 aliphatic carbocycles. The molecule has 2 rings (SSSR count). The highest BCUT2D eigenvalue weighted by Gasteiger charge is 2.14. The van der Waals surface area contributed by atoms with Gasteiger partial charge in [-0.2, -0.15) is 0 Å². The zero-order valence-corrected chi connectivity index (χ0v) is 11.4. The summed E-state index contributed by atoms with van der Waals surface area (Å²) in [5.74, 6) is 1.86. The van der Waals surface area contributed by atoms with Gasteiger partial charge in [-0.15, -0.1) is 5.10 Å². The van der Waals surface area contributed by atoms with E-state index in [1.807, 2.05) is 4.68 Å². The summed E-state index contributed by atoms with van der Waals surface area (Å²) in [5, 5.41) is 15.3. The molecule has 0 aliphatic heterocycles. The van der Waals surface area contributed by atoms with Crippen molar-refractivity contribution in [1.82, 2.24) is 25.5 Å². The summed E-state index contributed by atoms with van der Waals surface area (Å²) < 4.78 is 1.97. The molecule has 5 heteroatoms. The summed E-state index contributed by atoms with van der Waals surface area (Å²) >= 11 is 0. The van der Waals surface area contributed by atoms with Crippen LogP contribution in [0.25, 0.3) is 0 Å². The van der Waals surface area contributed by atoms with Gasteiger partial charge in [-0.3, -0.25) is 0 Å². The monoisotopic (exact) mass is 251 g/mol. The predicted molar refractivity (Wildman–Crippen MR) is 71.0 cm³/mol. The Morgan fingerprint density at radius 2 is 2.11 bits per heavy atom. The molecule has 0 atom stereocenters. The van der Waals surface area contributed by atoms with Gasteiger partial charge in [0.25, 0.3) is 0 Å². The Labute approximate surface area is 109 Å². The first-order valence-electron chi connectivity index (χ1n) is 7.36. The Kier molecular flexibility index (Phi) is 5.58. The van der Waals surface area contributed by atoms with Crippen molar-refractivity contribution in [1.29, 1.82) is 0 Å². The highest BCUT2D eigenvalue weighted by atomic mass is 15.5. The first kappa shape index (κ1) is 13.5. The second-order valence-corrected chi connectivity index (χ2v) is 5.29. The van der Waals surface area contributed by atoms with Crippen LogP contribution in [0, 0.1) is 5.92 Å². The van der Waals surface area contributed by atoms with Gasteiger partial charge in [-0.1, -0.05) is 39.0 Å². The second kappa shape index (κ2) is 7.46. The summed E-state index contributed by atoms with van der Waals surface area (Å²) in [7, 11) is 0. The number of rotatable bonds is 7. The van der Waals surface area contributed by atoms with Gasteiger partial charge in [-0.05, 0) is 35.7 Å². The Hall–Kier alpha value is -0.970.